The van der Waals surface area contributed by atoms with E-state index < -0.39 is 11.6 Å². The third-order valence-electron chi connectivity index (χ3n) is 4.36. The third-order valence-corrected chi connectivity index (χ3v) is 4.36. The van der Waals surface area contributed by atoms with E-state index in [2.05, 4.69) is 5.32 Å². The van der Waals surface area contributed by atoms with Gasteiger partial charge in [-0.1, -0.05) is 0 Å². The lowest BCUT2D eigenvalue weighted by Gasteiger charge is -2.19. The Morgan fingerprint density at radius 3 is 2.42 bits per heavy atom. The molecule has 138 valence electrons. The summed E-state index contributed by atoms with van der Waals surface area (Å²) in [6.07, 6.45) is 0.526. The van der Waals surface area contributed by atoms with E-state index in [4.69, 9.17) is 13.9 Å². The van der Waals surface area contributed by atoms with Crippen LogP contribution in [0, 0.1) is 6.92 Å². The van der Waals surface area contributed by atoms with Crippen LogP contribution in [0.4, 0.5) is 4.79 Å². The maximum atomic E-state index is 12.7. The SMILES string of the molecule is COc1ccc(OCCCN2C(=O)NC(C)(c3ccc(C)o3)C2=O)cc1. The van der Waals surface area contributed by atoms with Crippen LogP contribution < -0.4 is 14.8 Å². The number of methoxy groups -OCH3 is 1. The Balaban J connectivity index is 1.54. The van der Waals surface area contributed by atoms with Crippen molar-refractivity contribution >= 4 is 11.9 Å². The number of nitrogens with one attached hydrogen (secondary N) is 1. The number of carbonyl (C=O) groups excluding carboxylic acids is 2. The molecule has 1 aromatic carbocycles. The summed E-state index contributed by atoms with van der Waals surface area (Å²) in [4.78, 5) is 26.1. The van der Waals surface area contributed by atoms with Crippen LogP contribution >= 0.6 is 0 Å². The Morgan fingerprint density at radius 2 is 1.81 bits per heavy atom. The molecule has 1 unspecified atom stereocenters. The molecule has 3 amide bonds. The number of ether oxygens (including phenoxy) is 2. The van der Waals surface area contributed by atoms with Gasteiger partial charge in [0.15, 0.2) is 5.54 Å². The monoisotopic (exact) mass is 358 g/mol. The first-order valence-electron chi connectivity index (χ1n) is 8.42. The van der Waals surface area contributed by atoms with E-state index in [9.17, 15) is 9.59 Å². The Bertz CT molecular complexity index is 799. The number of furan rings is 1. The van der Waals surface area contributed by atoms with Gasteiger partial charge in [-0.2, -0.15) is 0 Å². The first-order valence-corrected chi connectivity index (χ1v) is 8.42. The molecular formula is C19H22N2O5. The second kappa shape index (κ2) is 7.11. The van der Waals surface area contributed by atoms with Crippen molar-refractivity contribution in [3.8, 4) is 11.5 Å². The number of carbonyl (C=O) groups is 2. The molecule has 0 bridgehead atoms. The van der Waals surface area contributed by atoms with Crippen LogP contribution in [0.15, 0.2) is 40.8 Å². The maximum Gasteiger partial charge on any atom is 0.325 e. The van der Waals surface area contributed by atoms with Gasteiger partial charge in [0, 0.05) is 6.54 Å². The molecule has 26 heavy (non-hydrogen) atoms. The molecule has 1 N–H and O–H groups in total. The fourth-order valence-electron chi connectivity index (χ4n) is 2.85. The zero-order valence-electron chi connectivity index (χ0n) is 15.1. The molecule has 0 saturated carbocycles. The molecule has 2 heterocycles. The molecule has 7 nitrogen and oxygen atoms in total. The molecule has 2 aromatic rings. The average Bonchev–Trinajstić information content (AvgIpc) is 3.16. The summed E-state index contributed by atoms with van der Waals surface area (Å²) >= 11 is 0. The molecule has 1 aliphatic rings. The fourth-order valence-corrected chi connectivity index (χ4v) is 2.85. The zero-order valence-corrected chi connectivity index (χ0v) is 15.1. The maximum absolute atomic E-state index is 12.7. The third kappa shape index (κ3) is 3.37. The molecule has 1 aliphatic heterocycles. The van der Waals surface area contributed by atoms with Gasteiger partial charge >= 0.3 is 6.03 Å². The molecule has 0 aliphatic carbocycles. The van der Waals surface area contributed by atoms with Gasteiger partial charge in [-0.3, -0.25) is 9.69 Å². The number of rotatable bonds is 7. The van der Waals surface area contributed by atoms with Gasteiger partial charge in [-0.05, 0) is 56.7 Å². The topological polar surface area (TPSA) is 81.0 Å². The average molecular weight is 358 g/mol. The first-order chi connectivity index (χ1) is 12.4. The standard InChI is InChI=1S/C19H22N2O5/c1-13-5-10-16(26-13)19(2)17(22)21(18(23)20-19)11-4-12-25-15-8-6-14(24-3)7-9-15/h5-10H,4,11-12H2,1-3H3,(H,20,23). The first kappa shape index (κ1) is 17.8. The zero-order chi connectivity index (χ0) is 18.7. The molecule has 1 atom stereocenters. The van der Waals surface area contributed by atoms with Gasteiger partial charge in [0.2, 0.25) is 0 Å². The summed E-state index contributed by atoms with van der Waals surface area (Å²) in [6, 6.07) is 10.3. The minimum absolute atomic E-state index is 0.274. The summed E-state index contributed by atoms with van der Waals surface area (Å²) in [5, 5.41) is 2.72. The van der Waals surface area contributed by atoms with Crippen molar-refractivity contribution < 1.29 is 23.5 Å². The summed E-state index contributed by atoms with van der Waals surface area (Å²) in [5.74, 6) is 2.27. The number of aryl methyl sites for hydroxylation is 1. The second-order valence-corrected chi connectivity index (χ2v) is 6.30. The molecule has 0 spiro atoms. The van der Waals surface area contributed by atoms with E-state index in [1.165, 1.54) is 4.90 Å². The number of imide groups is 1. The molecule has 7 heteroatoms. The highest BCUT2D eigenvalue weighted by Crippen LogP contribution is 2.30. The second-order valence-electron chi connectivity index (χ2n) is 6.30. The van der Waals surface area contributed by atoms with E-state index in [1.807, 2.05) is 24.3 Å². The van der Waals surface area contributed by atoms with Crippen LogP contribution in [0.25, 0.3) is 0 Å². The van der Waals surface area contributed by atoms with Crippen molar-refractivity contribution in [1.29, 1.82) is 0 Å². The molecular weight excluding hydrogens is 336 g/mol. The smallest absolute Gasteiger partial charge is 0.325 e. The van der Waals surface area contributed by atoms with E-state index in [1.54, 1.807) is 33.1 Å². The predicted octanol–water partition coefficient (Wildman–Crippen LogP) is 2.83. The highest BCUT2D eigenvalue weighted by Gasteiger charge is 2.50. The minimum Gasteiger partial charge on any atom is -0.497 e. The lowest BCUT2D eigenvalue weighted by Crippen LogP contribution is -2.40. The van der Waals surface area contributed by atoms with E-state index in [-0.39, 0.29) is 12.5 Å². The fraction of sp³-hybridized carbons (Fsp3) is 0.368. The summed E-state index contributed by atoms with van der Waals surface area (Å²) in [6.45, 7) is 4.11. The van der Waals surface area contributed by atoms with Gasteiger partial charge in [-0.25, -0.2) is 4.79 Å². The van der Waals surface area contributed by atoms with Crippen LogP contribution in [-0.4, -0.2) is 37.1 Å². The number of nitrogens with zero attached hydrogens (tertiary/aromatic N) is 1. The number of hydrogen-bond acceptors (Lipinski definition) is 5. The van der Waals surface area contributed by atoms with Gasteiger partial charge < -0.3 is 19.2 Å². The van der Waals surface area contributed by atoms with Crippen LogP contribution in [0.5, 0.6) is 11.5 Å². The van der Waals surface area contributed by atoms with Gasteiger partial charge in [0.05, 0.1) is 13.7 Å². The van der Waals surface area contributed by atoms with E-state index in [0.29, 0.717) is 30.3 Å². The number of urea groups is 1. The van der Waals surface area contributed by atoms with Gasteiger partial charge in [-0.15, -0.1) is 0 Å². The van der Waals surface area contributed by atoms with Crippen molar-refractivity contribution in [2.45, 2.75) is 25.8 Å². The Labute approximate surface area is 151 Å². The molecule has 0 radical (unpaired) electrons. The van der Waals surface area contributed by atoms with Crippen LogP contribution in [0.2, 0.25) is 0 Å². The van der Waals surface area contributed by atoms with Crippen LogP contribution in [-0.2, 0) is 10.3 Å². The lowest BCUT2D eigenvalue weighted by molar-refractivity contribution is -0.131. The lowest BCUT2D eigenvalue weighted by atomic mass is 9.99. The Kier molecular flexibility index (Phi) is 4.88. The van der Waals surface area contributed by atoms with Crippen LogP contribution in [0.1, 0.15) is 24.9 Å². The highest BCUT2D eigenvalue weighted by atomic mass is 16.5. The van der Waals surface area contributed by atoms with Crippen molar-refractivity contribution in [3.05, 3.63) is 47.9 Å². The van der Waals surface area contributed by atoms with Gasteiger partial charge in [0.25, 0.3) is 5.91 Å². The summed E-state index contributed by atoms with van der Waals surface area (Å²) < 4.78 is 16.3. The van der Waals surface area contributed by atoms with Crippen molar-refractivity contribution in [2.75, 3.05) is 20.3 Å². The molecule has 1 aromatic heterocycles. The molecule has 1 saturated heterocycles. The highest BCUT2D eigenvalue weighted by molar-refractivity contribution is 6.06. The Morgan fingerprint density at radius 1 is 1.12 bits per heavy atom. The normalized spacial score (nSPS) is 19.6. The minimum atomic E-state index is -1.16. The predicted molar refractivity (Wildman–Crippen MR) is 94.1 cm³/mol. The number of benzene rings is 1. The molecule has 3 rings (SSSR count). The largest absolute Gasteiger partial charge is 0.497 e. The Hall–Kier alpha value is -2.96. The number of hydrogen-bond donors (Lipinski definition) is 1. The van der Waals surface area contributed by atoms with Gasteiger partial charge in [0.1, 0.15) is 23.0 Å². The van der Waals surface area contributed by atoms with Crippen molar-refractivity contribution in [3.63, 3.8) is 0 Å². The van der Waals surface area contributed by atoms with E-state index >= 15 is 0 Å². The number of amides is 3. The van der Waals surface area contributed by atoms with Crippen molar-refractivity contribution in [1.82, 2.24) is 10.2 Å². The molecule has 1 fully saturated rings. The van der Waals surface area contributed by atoms with E-state index in [0.717, 1.165) is 5.75 Å². The van der Waals surface area contributed by atoms with Crippen molar-refractivity contribution in [2.24, 2.45) is 0 Å². The summed E-state index contributed by atoms with van der Waals surface area (Å²) in [5.41, 5.74) is -1.16. The quantitative estimate of drug-likeness (QED) is 0.608. The van der Waals surface area contributed by atoms with Crippen LogP contribution in [0.3, 0.4) is 0 Å². The summed E-state index contributed by atoms with van der Waals surface area (Å²) in [7, 11) is 1.60.